The monoisotopic (exact) mass is 230 g/mol. The Kier molecular flexibility index (Phi) is 2.05. The summed E-state index contributed by atoms with van der Waals surface area (Å²) in [5.74, 6) is 0.351. The van der Waals surface area contributed by atoms with Crippen molar-refractivity contribution in [3.63, 3.8) is 0 Å². The molecule has 1 aliphatic carbocycles. The summed E-state index contributed by atoms with van der Waals surface area (Å²) in [7, 11) is 0. The highest BCUT2D eigenvalue weighted by atomic mass is 79.9. The summed E-state index contributed by atoms with van der Waals surface area (Å²) in [4.78, 5) is 0. The first kappa shape index (κ1) is 8.05. The zero-order chi connectivity index (χ0) is 8.55. The number of halogens is 2. The molecule has 0 unspecified atom stereocenters. The lowest BCUT2D eigenvalue weighted by Gasteiger charge is -2.04. The van der Waals surface area contributed by atoms with Crippen LogP contribution in [0.4, 0.5) is 4.39 Å². The Morgan fingerprint density at radius 2 is 2.08 bits per heavy atom. The molecule has 0 atom stereocenters. The van der Waals surface area contributed by atoms with Crippen LogP contribution in [0, 0.1) is 5.82 Å². The lowest BCUT2D eigenvalue weighted by molar-refractivity contribution is 0.301. The molecule has 2 rings (SSSR count). The van der Waals surface area contributed by atoms with E-state index in [4.69, 9.17) is 4.74 Å². The van der Waals surface area contributed by atoms with E-state index in [0.29, 0.717) is 11.9 Å². The van der Waals surface area contributed by atoms with Crippen LogP contribution in [0.5, 0.6) is 5.75 Å². The standard InChI is InChI=1S/C9H8BrFO/c10-6-3-7(11)5-9(4-6)12-8-1-2-8/h3-5,8H,1-2H2. The molecule has 1 aromatic rings. The fraction of sp³-hybridized carbons (Fsp3) is 0.333. The largest absolute Gasteiger partial charge is 0.490 e. The van der Waals surface area contributed by atoms with Crippen molar-refractivity contribution in [3.8, 4) is 5.75 Å². The van der Waals surface area contributed by atoms with Crippen molar-refractivity contribution < 1.29 is 9.13 Å². The van der Waals surface area contributed by atoms with Crippen LogP contribution >= 0.6 is 15.9 Å². The minimum absolute atomic E-state index is 0.264. The zero-order valence-corrected chi connectivity index (χ0v) is 7.97. The van der Waals surface area contributed by atoms with Gasteiger partial charge in [-0.25, -0.2) is 4.39 Å². The summed E-state index contributed by atoms with van der Waals surface area (Å²) >= 11 is 3.20. The molecule has 0 radical (unpaired) electrons. The lowest BCUT2D eigenvalue weighted by atomic mass is 10.3. The van der Waals surface area contributed by atoms with Crippen LogP contribution in [-0.4, -0.2) is 6.10 Å². The van der Waals surface area contributed by atoms with Crippen molar-refractivity contribution >= 4 is 15.9 Å². The Balaban J connectivity index is 2.18. The molecule has 0 N–H and O–H groups in total. The topological polar surface area (TPSA) is 9.23 Å². The summed E-state index contributed by atoms with van der Waals surface area (Å²) in [5.41, 5.74) is 0. The molecule has 1 aliphatic rings. The third kappa shape index (κ3) is 1.97. The van der Waals surface area contributed by atoms with E-state index in [2.05, 4.69) is 15.9 Å². The van der Waals surface area contributed by atoms with E-state index < -0.39 is 0 Å². The SMILES string of the molecule is Fc1cc(Br)cc(OC2CC2)c1. The highest BCUT2D eigenvalue weighted by molar-refractivity contribution is 9.10. The van der Waals surface area contributed by atoms with Crippen LogP contribution in [0.15, 0.2) is 22.7 Å². The van der Waals surface area contributed by atoms with E-state index in [9.17, 15) is 4.39 Å². The predicted octanol–water partition coefficient (Wildman–Crippen LogP) is 3.13. The zero-order valence-electron chi connectivity index (χ0n) is 6.39. The summed E-state index contributed by atoms with van der Waals surface area (Å²) < 4.78 is 18.9. The van der Waals surface area contributed by atoms with Crippen LogP contribution in [-0.2, 0) is 0 Å². The van der Waals surface area contributed by atoms with Crippen LogP contribution in [0.25, 0.3) is 0 Å². The Labute approximate surface area is 78.7 Å². The molecule has 0 aromatic heterocycles. The van der Waals surface area contributed by atoms with Gasteiger partial charge in [-0.1, -0.05) is 15.9 Å². The number of hydrogen-bond acceptors (Lipinski definition) is 1. The second kappa shape index (κ2) is 3.05. The second-order valence-corrected chi connectivity index (χ2v) is 3.84. The fourth-order valence-electron chi connectivity index (χ4n) is 0.975. The maximum absolute atomic E-state index is 12.8. The minimum Gasteiger partial charge on any atom is -0.490 e. The van der Waals surface area contributed by atoms with Crippen molar-refractivity contribution in [2.75, 3.05) is 0 Å². The first-order valence-corrected chi connectivity index (χ1v) is 4.66. The number of hydrogen-bond donors (Lipinski definition) is 0. The highest BCUT2D eigenvalue weighted by Crippen LogP contribution is 2.28. The molecule has 0 bridgehead atoms. The van der Waals surface area contributed by atoms with Gasteiger partial charge in [-0.3, -0.25) is 0 Å². The molecule has 0 heterocycles. The Morgan fingerprint density at radius 1 is 1.33 bits per heavy atom. The van der Waals surface area contributed by atoms with Gasteiger partial charge < -0.3 is 4.74 Å². The molecule has 0 saturated heterocycles. The normalized spacial score (nSPS) is 16.2. The molecular formula is C9H8BrFO. The Morgan fingerprint density at radius 3 is 2.67 bits per heavy atom. The van der Waals surface area contributed by atoms with Gasteiger partial charge in [0, 0.05) is 10.5 Å². The molecular weight excluding hydrogens is 223 g/mol. The number of benzene rings is 1. The van der Waals surface area contributed by atoms with Gasteiger partial charge in [0.2, 0.25) is 0 Å². The van der Waals surface area contributed by atoms with E-state index in [1.54, 1.807) is 6.07 Å². The van der Waals surface area contributed by atoms with Gasteiger partial charge >= 0.3 is 0 Å². The second-order valence-electron chi connectivity index (χ2n) is 2.92. The van der Waals surface area contributed by atoms with Crippen LogP contribution in [0.1, 0.15) is 12.8 Å². The first-order valence-electron chi connectivity index (χ1n) is 3.87. The third-order valence-electron chi connectivity index (χ3n) is 1.66. The van der Waals surface area contributed by atoms with Gasteiger partial charge in [-0.05, 0) is 25.0 Å². The molecule has 0 aliphatic heterocycles. The van der Waals surface area contributed by atoms with Gasteiger partial charge in [0.1, 0.15) is 11.6 Å². The summed E-state index contributed by atoms with van der Waals surface area (Å²) in [6.07, 6.45) is 2.50. The van der Waals surface area contributed by atoms with Crippen molar-refractivity contribution in [1.29, 1.82) is 0 Å². The lowest BCUT2D eigenvalue weighted by Crippen LogP contribution is -1.95. The predicted molar refractivity (Wildman–Crippen MR) is 47.8 cm³/mol. The molecule has 1 fully saturated rings. The van der Waals surface area contributed by atoms with Gasteiger partial charge in [-0.2, -0.15) is 0 Å². The van der Waals surface area contributed by atoms with Crippen LogP contribution < -0.4 is 4.74 Å². The van der Waals surface area contributed by atoms with Crippen LogP contribution in [0.3, 0.4) is 0 Å². The summed E-state index contributed by atoms with van der Waals surface area (Å²) in [5, 5.41) is 0. The molecule has 0 amide bonds. The van der Waals surface area contributed by atoms with Gasteiger partial charge in [0.15, 0.2) is 0 Å². The van der Waals surface area contributed by atoms with E-state index in [1.807, 2.05) is 0 Å². The molecule has 12 heavy (non-hydrogen) atoms. The smallest absolute Gasteiger partial charge is 0.128 e. The maximum atomic E-state index is 12.8. The summed E-state index contributed by atoms with van der Waals surface area (Å²) in [6.45, 7) is 0. The minimum atomic E-state index is -0.264. The highest BCUT2D eigenvalue weighted by Gasteiger charge is 2.23. The van der Waals surface area contributed by atoms with E-state index in [1.165, 1.54) is 12.1 Å². The molecule has 1 aromatic carbocycles. The van der Waals surface area contributed by atoms with Gasteiger partial charge in [0.05, 0.1) is 6.10 Å². The summed E-state index contributed by atoms with van der Waals surface area (Å²) in [6, 6.07) is 4.60. The number of ether oxygens (including phenoxy) is 1. The van der Waals surface area contributed by atoms with Crippen molar-refractivity contribution in [3.05, 3.63) is 28.5 Å². The Hall–Kier alpha value is -0.570. The van der Waals surface area contributed by atoms with Gasteiger partial charge in [-0.15, -0.1) is 0 Å². The average Bonchev–Trinajstić information content (AvgIpc) is 2.68. The van der Waals surface area contributed by atoms with Crippen molar-refractivity contribution in [2.45, 2.75) is 18.9 Å². The van der Waals surface area contributed by atoms with Crippen molar-refractivity contribution in [1.82, 2.24) is 0 Å². The molecule has 1 saturated carbocycles. The molecule has 64 valence electrons. The quantitative estimate of drug-likeness (QED) is 0.759. The number of rotatable bonds is 2. The van der Waals surface area contributed by atoms with Crippen molar-refractivity contribution in [2.24, 2.45) is 0 Å². The molecule has 3 heteroatoms. The third-order valence-corrected chi connectivity index (χ3v) is 2.12. The maximum Gasteiger partial charge on any atom is 0.128 e. The first-order chi connectivity index (χ1) is 5.74. The van der Waals surface area contributed by atoms with E-state index >= 15 is 0 Å². The van der Waals surface area contributed by atoms with Crippen LogP contribution in [0.2, 0.25) is 0 Å². The van der Waals surface area contributed by atoms with E-state index in [0.717, 1.165) is 17.3 Å². The van der Waals surface area contributed by atoms with E-state index in [-0.39, 0.29) is 5.82 Å². The van der Waals surface area contributed by atoms with Gasteiger partial charge in [0.25, 0.3) is 0 Å². The molecule has 1 nitrogen and oxygen atoms in total. The molecule has 0 spiro atoms. The Bertz CT molecular complexity index is 276. The average molecular weight is 231 g/mol. The fourth-order valence-corrected chi connectivity index (χ4v) is 1.42.